The summed E-state index contributed by atoms with van der Waals surface area (Å²) < 4.78 is 0. The van der Waals surface area contributed by atoms with E-state index in [4.69, 9.17) is 5.11 Å². The van der Waals surface area contributed by atoms with E-state index < -0.39 is 0 Å². The largest absolute Gasteiger partial charge is 0.395 e. The van der Waals surface area contributed by atoms with Gasteiger partial charge in [-0.1, -0.05) is 37.3 Å². The molecular weight excluding hydrogens is 320 g/mol. The Morgan fingerprint density at radius 3 is 2.83 bits per heavy atom. The first kappa shape index (κ1) is 17.1. The van der Waals surface area contributed by atoms with E-state index in [2.05, 4.69) is 23.6 Å². The molecule has 2 heterocycles. The molecule has 3 rings (SSSR count). The highest BCUT2D eigenvalue weighted by Gasteiger charge is 2.32. The Hall–Kier alpha value is -1.69. The maximum atomic E-state index is 13.0. The van der Waals surface area contributed by atoms with Crippen LogP contribution in [-0.4, -0.2) is 53.6 Å². The molecule has 1 aliphatic heterocycles. The highest BCUT2D eigenvalue weighted by molar-refractivity contribution is 7.10. The first-order chi connectivity index (χ1) is 11.7. The summed E-state index contributed by atoms with van der Waals surface area (Å²) in [6.45, 7) is 4.51. The fourth-order valence-corrected chi connectivity index (χ4v) is 4.26. The average molecular weight is 344 g/mol. The maximum absolute atomic E-state index is 13.0. The van der Waals surface area contributed by atoms with Crippen LogP contribution in [0.15, 0.2) is 41.8 Å². The van der Waals surface area contributed by atoms with Gasteiger partial charge in [0.2, 0.25) is 5.91 Å². The van der Waals surface area contributed by atoms with Crippen LogP contribution in [0.2, 0.25) is 0 Å². The van der Waals surface area contributed by atoms with Crippen molar-refractivity contribution in [1.29, 1.82) is 0 Å². The zero-order valence-corrected chi connectivity index (χ0v) is 14.8. The summed E-state index contributed by atoms with van der Waals surface area (Å²) in [7, 11) is 0. The molecule has 0 aliphatic carbocycles. The number of carbonyl (C=O) groups is 1. The molecule has 1 unspecified atom stereocenters. The molecule has 1 N–H and O–H groups in total. The third-order valence-electron chi connectivity index (χ3n) is 4.62. The quantitative estimate of drug-likeness (QED) is 0.876. The van der Waals surface area contributed by atoms with Crippen molar-refractivity contribution in [2.75, 3.05) is 32.8 Å². The number of thiophene rings is 1. The zero-order valence-electron chi connectivity index (χ0n) is 14.0. The predicted molar refractivity (Wildman–Crippen MR) is 97.2 cm³/mol. The molecule has 1 amide bonds. The summed E-state index contributed by atoms with van der Waals surface area (Å²) in [6.07, 6.45) is 0.925. The second-order valence-electron chi connectivity index (χ2n) is 6.04. The lowest BCUT2D eigenvalue weighted by molar-refractivity contribution is -0.134. The molecule has 2 aromatic rings. The molecule has 128 valence electrons. The van der Waals surface area contributed by atoms with Gasteiger partial charge in [0.05, 0.1) is 19.2 Å². The summed E-state index contributed by atoms with van der Waals surface area (Å²) in [5.41, 5.74) is 2.42. The van der Waals surface area contributed by atoms with Gasteiger partial charge in [-0.25, -0.2) is 0 Å². The molecule has 0 saturated heterocycles. The molecule has 4 nitrogen and oxygen atoms in total. The van der Waals surface area contributed by atoms with Crippen molar-refractivity contribution in [3.8, 4) is 0 Å². The van der Waals surface area contributed by atoms with Crippen LogP contribution in [0.1, 0.15) is 29.0 Å². The van der Waals surface area contributed by atoms with Gasteiger partial charge in [0.25, 0.3) is 0 Å². The molecule has 5 heteroatoms. The standard InChI is InChI=1S/C19H24N2O2S/c1-2-20(11-12-22)14-18(23)21-10-8-17-16(9-13-24-17)19(21)15-6-4-3-5-7-15/h3-7,9,13,19,22H,2,8,10-12,14H2,1H3. The van der Waals surface area contributed by atoms with Gasteiger partial charge in [-0.15, -0.1) is 11.3 Å². The molecule has 0 saturated carbocycles. The molecule has 0 fully saturated rings. The van der Waals surface area contributed by atoms with Crippen LogP contribution in [0.25, 0.3) is 0 Å². The topological polar surface area (TPSA) is 43.8 Å². The van der Waals surface area contributed by atoms with Crippen LogP contribution >= 0.6 is 11.3 Å². The van der Waals surface area contributed by atoms with Gasteiger partial charge in [-0.05, 0) is 35.5 Å². The second kappa shape index (κ2) is 7.92. The summed E-state index contributed by atoms with van der Waals surface area (Å²) in [5.74, 6) is 0.135. The number of rotatable bonds is 6. The lowest BCUT2D eigenvalue weighted by atomic mass is 9.93. The van der Waals surface area contributed by atoms with Crippen molar-refractivity contribution in [1.82, 2.24) is 9.80 Å². The van der Waals surface area contributed by atoms with Crippen molar-refractivity contribution in [3.63, 3.8) is 0 Å². The normalized spacial score (nSPS) is 17.1. The number of nitrogens with zero attached hydrogens (tertiary/aromatic N) is 2. The molecule has 0 spiro atoms. The Kier molecular flexibility index (Phi) is 5.66. The molecule has 1 aromatic heterocycles. The first-order valence-electron chi connectivity index (χ1n) is 8.48. The van der Waals surface area contributed by atoms with Crippen molar-refractivity contribution in [2.45, 2.75) is 19.4 Å². The van der Waals surface area contributed by atoms with E-state index in [1.807, 2.05) is 34.9 Å². The summed E-state index contributed by atoms with van der Waals surface area (Å²) in [4.78, 5) is 18.3. The van der Waals surface area contributed by atoms with Crippen LogP contribution in [0.3, 0.4) is 0 Å². The minimum absolute atomic E-state index is 0.00142. The van der Waals surface area contributed by atoms with E-state index in [9.17, 15) is 4.79 Å². The van der Waals surface area contributed by atoms with Gasteiger partial charge >= 0.3 is 0 Å². The minimum Gasteiger partial charge on any atom is -0.395 e. The van der Waals surface area contributed by atoms with Gasteiger partial charge < -0.3 is 10.0 Å². The second-order valence-corrected chi connectivity index (χ2v) is 7.04. The molecular formula is C19H24N2O2S. The Labute approximate surface area is 147 Å². The Balaban J connectivity index is 1.87. The number of amides is 1. The lowest BCUT2D eigenvalue weighted by Gasteiger charge is -2.37. The molecule has 0 radical (unpaired) electrons. The highest BCUT2D eigenvalue weighted by Crippen LogP contribution is 2.37. The number of aliphatic hydroxyl groups excluding tert-OH is 1. The van der Waals surface area contributed by atoms with E-state index in [-0.39, 0.29) is 18.6 Å². The Morgan fingerprint density at radius 2 is 2.12 bits per heavy atom. The smallest absolute Gasteiger partial charge is 0.237 e. The van der Waals surface area contributed by atoms with E-state index >= 15 is 0 Å². The van der Waals surface area contributed by atoms with Crippen molar-refractivity contribution in [2.24, 2.45) is 0 Å². The molecule has 24 heavy (non-hydrogen) atoms. The van der Waals surface area contributed by atoms with Gasteiger partial charge in [-0.3, -0.25) is 9.69 Å². The fourth-order valence-electron chi connectivity index (χ4n) is 3.35. The third-order valence-corrected chi connectivity index (χ3v) is 5.62. The Bertz CT molecular complexity index is 671. The van der Waals surface area contributed by atoms with Crippen LogP contribution in [0.5, 0.6) is 0 Å². The molecule has 1 atom stereocenters. The van der Waals surface area contributed by atoms with Crippen molar-refractivity contribution < 1.29 is 9.90 Å². The third kappa shape index (κ3) is 3.53. The van der Waals surface area contributed by atoms with E-state index in [0.29, 0.717) is 13.1 Å². The van der Waals surface area contributed by atoms with Gasteiger partial charge in [0.15, 0.2) is 0 Å². The maximum Gasteiger partial charge on any atom is 0.237 e. The number of benzene rings is 1. The summed E-state index contributed by atoms with van der Waals surface area (Å²) in [6, 6.07) is 12.4. The van der Waals surface area contributed by atoms with Crippen molar-refractivity contribution in [3.05, 3.63) is 57.8 Å². The number of hydrogen-bond donors (Lipinski definition) is 1. The van der Waals surface area contributed by atoms with Crippen LogP contribution in [0.4, 0.5) is 0 Å². The molecule has 1 aromatic carbocycles. The summed E-state index contributed by atoms with van der Waals surface area (Å²) in [5, 5.41) is 11.3. The van der Waals surface area contributed by atoms with Crippen LogP contribution in [0, 0.1) is 0 Å². The molecule has 0 bridgehead atoms. The molecule has 1 aliphatic rings. The lowest BCUT2D eigenvalue weighted by Crippen LogP contribution is -2.45. The monoisotopic (exact) mass is 344 g/mol. The van der Waals surface area contributed by atoms with Crippen molar-refractivity contribution >= 4 is 17.2 Å². The SMILES string of the molecule is CCN(CCO)CC(=O)N1CCc2sccc2C1c1ccccc1. The van der Waals surface area contributed by atoms with E-state index in [1.165, 1.54) is 10.4 Å². The minimum atomic E-state index is 0.00142. The van der Waals surface area contributed by atoms with Gasteiger partial charge in [0, 0.05) is 18.0 Å². The van der Waals surface area contributed by atoms with Crippen LogP contribution < -0.4 is 0 Å². The number of aliphatic hydroxyl groups is 1. The number of fused-ring (bicyclic) bond motifs is 1. The Morgan fingerprint density at radius 1 is 1.33 bits per heavy atom. The van der Waals surface area contributed by atoms with Gasteiger partial charge in [0.1, 0.15) is 0 Å². The predicted octanol–water partition coefficient (Wildman–Crippen LogP) is 2.54. The number of likely N-dealkylation sites (N-methyl/N-ethyl adjacent to an activating group) is 1. The van der Waals surface area contributed by atoms with E-state index in [1.54, 1.807) is 11.3 Å². The first-order valence-corrected chi connectivity index (χ1v) is 9.36. The van der Waals surface area contributed by atoms with Gasteiger partial charge in [-0.2, -0.15) is 0 Å². The summed E-state index contributed by atoms with van der Waals surface area (Å²) >= 11 is 1.78. The average Bonchev–Trinajstić information content (AvgIpc) is 3.09. The zero-order chi connectivity index (χ0) is 16.9. The number of carbonyl (C=O) groups excluding carboxylic acids is 1. The highest BCUT2D eigenvalue weighted by atomic mass is 32.1. The fraction of sp³-hybridized carbons (Fsp3) is 0.421. The van der Waals surface area contributed by atoms with Crippen LogP contribution in [-0.2, 0) is 11.2 Å². The number of hydrogen-bond acceptors (Lipinski definition) is 4. The van der Waals surface area contributed by atoms with E-state index in [0.717, 1.165) is 25.1 Å².